The molecule has 6 unspecified atom stereocenters. The maximum absolute atomic E-state index is 14.6. The summed E-state index contributed by atoms with van der Waals surface area (Å²) >= 11 is 6.11. The molecule has 4 amide bonds. The zero-order valence-corrected chi connectivity index (χ0v) is 31.3. The van der Waals surface area contributed by atoms with E-state index in [1.807, 2.05) is 18.2 Å². The molecule has 0 radical (unpaired) electrons. The van der Waals surface area contributed by atoms with Crippen molar-refractivity contribution in [2.75, 3.05) is 24.0 Å². The number of carbonyl (C=O) groups excluding carboxylic acids is 5. The van der Waals surface area contributed by atoms with E-state index in [9.17, 15) is 33.5 Å². The summed E-state index contributed by atoms with van der Waals surface area (Å²) in [5, 5.41) is 10.3. The van der Waals surface area contributed by atoms with Gasteiger partial charge < -0.3 is 14.6 Å². The van der Waals surface area contributed by atoms with Crippen LogP contribution in [0.1, 0.15) is 41.3 Å². The third-order valence-electron chi connectivity index (χ3n) is 11.9. The number of carbonyl (C=O) groups is 5. The molecule has 10 nitrogen and oxygen atoms in total. The number of amides is 4. The largest absolute Gasteiger partial charge is 0.502 e. The quantitative estimate of drug-likeness (QED) is 0.111. The average molecular weight is 775 g/mol. The van der Waals surface area contributed by atoms with Gasteiger partial charge in [0.25, 0.3) is 0 Å². The van der Waals surface area contributed by atoms with Crippen LogP contribution < -0.4 is 19.3 Å². The molecule has 1 N–H and O–H groups in total. The third-order valence-corrected chi connectivity index (χ3v) is 12.2. The summed E-state index contributed by atoms with van der Waals surface area (Å²) in [5.41, 5.74) is 1.35. The Kier molecular flexibility index (Phi) is 9.15. The Morgan fingerprint density at radius 3 is 2.12 bits per heavy atom. The van der Waals surface area contributed by atoms with Crippen LogP contribution in [0.4, 0.5) is 15.8 Å². The Labute approximate surface area is 326 Å². The first-order chi connectivity index (χ1) is 26.9. The molecule has 0 spiro atoms. The van der Waals surface area contributed by atoms with E-state index in [0.717, 1.165) is 16.5 Å². The fourth-order valence-corrected chi connectivity index (χ4v) is 9.25. The lowest BCUT2D eigenvalue weighted by Crippen LogP contribution is -2.49. The van der Waals surface area contributed by atoms with Crippen LogP contribution in [0.3, 0.4) is 0 Å². The fourth-order valence-electron chi connectivity index (χ4n) is 9.08. The second kappa shape index (κ2) is 13.9. The van der Waals surface area contributed by atoms with E-state index in [-0.39, 0.29) is 52.5 Å². The molecule has 12 heteroatoms. The van der Waals surface area contributed by atoms with Crippen molar-refractivity contribution in [3.8, 4) is 17.2 Å². The van der Waals surface area contributed by atoms with Crippen LogP contribution in [0, 0.1) is 40.8 Å². The minimum Gasteiger partial charge on any atom is -0.502 e. The molecule has 8 rings (SSSR count). The van der Waals surface area contributed by atoms with Gasteiger partial charge in [-0.15, -0.1) is 0 Å². The van der Waals surface area contributed by atoms with Gasteiger partial charge in [-0.05, 0) is 85.8 Å². The van der Waals surface area contributed by atoms with E-state index in [1.54, 1.807) is 73.7 Å². The first-order valence-electron chi connectivity index (χ1n) is 18.1. The number of ether oxygens (including phenoxy) is 2. The number of halogens is 2. The number of allylic oxidation sites excluding steroid dienone is 3. The van der Waals surface area contributed by atoms with Crippen molar-refractivity contribution in [2.45, 2.75) is 19.8 Å². The van der Waals surface area contributed by atoms with Gasteiger partial charge in [0.15, 0.2) is 17.3 Å². The van der Waals surface area contributed by atoms with Crippen molar-refractivity contribution in [2.24, 2.45) is 35.0 Å². The second-order valence-electron chi connectivity index (χ2n) is 14.7. The van der Waals surface area contributed by atoms with Crippen LogP contribution in [-0.2, 0) is 19.2 Å². The highest BCUT2D eigenvalue weighted by Crippen LogP contribution is 2.61. The molecule has 4 aromatic rings. The van der Waals surface area contributed by atoms with Crippen molar-refractivity contribution in [1.82, 2.24) is 0 Å². The third kappa shape index (κ3) is 5.63. The summed E-state index contributed by atoms with van der Waals surface area (Å²) in [4.78, 5) is 73.0. The Hall–Kier alpha value is -6.07. The summed E-state index contributed by atoms with van der Waals surface area (Å²) in [6.07, 6.45) is 5.82. The van der Waals surface area contributed by atoms with Gasteiger partial charge in [0.1, 0.15) is 5.82 Å². The highest BCUT2D eigenvalue weighted by molar-refractivity contribution is 6.32. The van der Waals surface area contributed by atoms with Crippen LogP contribution in [-0.4, -0.2) is 48.7 Å². The SMILES string of the molecule is COc1cc(C=CC2C3=CCC4C(=O)N(c5ccc(C(=O)c6ccccc6)cc5)C(=O)C4C3CC3C(=O)N(c4ccc(F)c(Cl)c4)C(=O)C23C)cc(OC)c1O. The molecule has 3 fully saturated rings. The van der Waals surface area contributed by atoms with Gasteiger partial charge >= 0.3 is 0 Å². The van der Waals surface area contributed by atoms with Crippen LogP contribution in [0.25, 0.3) is 6.08 Å². The highest BCUT2D eigenvalue weighted by atomic mass is 35.5. The molecule has 2 aliphatic carbocycles. The molecule has 284 valence electrons. The molecule has 4 aliphatic rings. The Bertz CT molecular complexity index is 2370. The summed E-state index contributed by atoms with van der Waals surface area (Å²) in [6, 6.07) is 22.0. The average Bonchev–Trinajstić information content (AvgIpc) is 3.58. The molecule has 4 aromatic carbocycles. The maximum Gasteiger partial charge on any atom is 0.241 e. The van der Waals surface area contributed by atoms with Gasteiger partial charge in [-0.25, -0.2) is 9.29 Å². The highest BCUT2D eigenvalue weighted by Gasteiger charge is 2.67. The van der Waals surface area contributed by atoms with Gasteiger partial charge in [0.05, 0.1) is 53.8 Å². The normalized spacial score (nSPS) is 25.6. The molecular formula is C44H36ClFN2O8. The minimum atomic E-state index is -1.35. The number of hydrogen-bond donors (Lipinski definition) is 1. The number of anilines is 2. The first-order valence-corrected chi connectivity index (χ1v) is 18.5. The summed E-state index contributed by atoms with van der Waals surface area (Å²) in [7, 11) is 2.81. The van der Waals surface area contributed by atoms with Crippen molar-refractivity contribution in [3.63, 3.8) is 0 Å². The number of nitrogens with zero attached hydrogens (tertiary/aromatic N) is 2. The zero-order chi connectivity index (χ0) is 39.6. The minimum absolute atomic E-state index is 0.113. The van der Waals surface area contributed by atoms with Crippen molar-refractivity contribution >= 4 is 58.5 Å². The molecule has 0 aromatic heterocycles. The van der Waals surface area contributed by atoms with E-state index < -0.39 is 58.5 Å². The summed E-state index contributed by atoms with van der Waals surface area (Å²) < 4.78 is 24.9. The van der Waals surface area contributed by atoms with E-state index in [0.29, 0.717) is 22.4 Å². The number of hydrogen-bond acceptors (Lipinski definition) is 8. The topological polar surface area (TPSA) is 131 Å². The van der Waals surface area contributed by atoms with Gasteiger partial charge in [-0.2, -0.15) is 0 Å². The Balaban J connectivity index is 1.18. The number of imide groups is 2. The number of ketones is 1. The van der Waals surface area contributed by atoms with Crippen LogP contribution in [0.15, 0.2) is 103 Å². The zero-order valence-electron chi connectivity index (χ0n) is 30.6. The predicted molar refractivity (Wildman–Crippen MR) is 206 cm³/mol. The number of rotatable bonds is 8. The van der Waals surface area contributed by atoms with E-state index in [2.05, 4.69) is 0 Å². The van der Waals surface area contributed by atoms with Gasteiger partial charge in [0, 0.05) is 17.0 Å². The predicted octanol–water partition coefficient (Wildman–Crippen LogP) is 7.41. The molecule has 2 heterocycles. The Morgan fingerprint density at radius 1 is 0.839 bits per heavy atom. The maximum atomic E-state index is 14.6. The lowest BCUT2D eigenvalue weighted by molar-refractivity contribution is -0.132. The number of phenolic OH excluding ortho intramolecular Hbond substituents is 1. The first kappa shape index (κ1) is 36.9. The lowest BCUT2D eigenvalue weighted by atomic mass is 9.52. The number of fused-ring (bicyclic) bond motifs is 4. The van der Waals surface area contributed by atoms with Crippen LogP contribution in [0.5, 0.6) is 17.2 Å². The molecular weight excluding hydrogens is 739 g/mol. The van der Waals surface area contributed by atoms with Crippen LogP contribution in [0.2, 0.25) is 5.02 Å². The van der Waals surface area contributed by atoms with Gasteiger partial charge in [0.2, 0.25) is 29.4 Å². The van der Waals surface area contributed by atoms with Gasteiger partial charge in [-0.1, -0.05) is 65.7 Å². The van der Waals surface area contributed by atoms with Crippen LogP contribution >= 0.6 is 11.6 Å². The monoisotopic (exact) mass is 774 g/mol. The number of methoxy groups -OCH3 is 2. The second-order valence-corrected chi connectivity index (χ2v) is 15.1. The van der Waals surface area contributed by atoms with E-state index in [4.69, 9.17) is 21.1 Å². The molecule has 1 saturated carbocycles. The molecule has 2 saturated heterocycles. The number of phenols is 1. The lowest BCUT2D eigenvalue weighted by Gasteiger charge is -2.47. The van der Waals surface area contributed by atoms with Crippen molar-refractivity contribution in [3.05, 3.63) is 130 Å². The standard InChI is InChI=1S/C44H36ClFN2O8/c1-44-31(17-9-23-19-35(55-2)39(50)36(20-23)56-3)28-15-16-29-37(30(28)22-32(44)41(52)48(43(44)54)27-14-18-34(46)33(45)21-27)42(53)47(40(29)51)26-12-10-25(11-13-26)38(49)24-7-5-4-6-8-24/h4-15,17-21,29-32,37,50H,16,22H2,1-3H3. The Morgan fingerprint density at radius 2 is 1.48 bits per heavy atom. The molecule has 0 bridgehead atoms. The fraction of sp³-hybridized carbons (Fsp3) is 0.250. The summed E-state index contributed by atoms with van der Waals surface area (Å²) in [6.45, 7) is 1.73. The number of aromatic hydroxyl groups is 1. The number of benzene rings is 4. The molecule has 56 heavy (non-hydrogen) atoms. The van der Waals surface area contributed by atoms with Crippen molar-refractivity contribution < 1.29 is 42.9 Å². The van der Waals surface area contributed by atoms with E-state index >= 15 is 0 Å². The van der Waals surface area contributed by atoms with E-state index in [1.165, 1.54) is 31.3 Å². The summed E-state index contributed by atoms with van der Waals surface area (Å²) in [5.74, 6) is -6.33. The van der Waals surface area contributed by atoms with Gasteiger partial charge in [-0.3, -0.25) is 28.9 Å². The molecule has 6 atom stereocenters. The smallest absolute Gasteiger partial charge is 0.241 e. The van der Waals surface area contributed by atoms with Crippen molar-refractivity contribution in [1.29, 1.82) is 0 Å². The molecule has 2 aliphatic heterocycles.